The SMILES string of the molecule is CC(C)=NOC(C)c1ccc(C(=O)O)o1. The second-order valence-corrected chi connectivity index (χ2v) is 3.29. The molecule has 1 atom stereocenters. The van der Waals surface area contributed by atoms with Crippen molar-refractivity contribution < 1.29 is 19.2 Å². The highest BCUT2D eigenvalue weighted by molar-refractivity contribution is 5.84. The van der Waals surface area contributed by atoms with E-state index < -0.39 is 12.1 Å². The lowest BCUT2D eigenvalue weighted by atomic mass is 10.3. The van der Waals surface area contributed by atoms with Crippen molar-refractivity contribution in [1.82, 2.24) is 0 Å². The number of carboxylic acids is 1. The van der Waals surface area contributed by atoms with Gasteiger partial charge in [-0.2, -0.15) is 0 Å². The van der Waals surface area contributed by atoms with Crippen LogP contribution < -0.4 is 0 Å². The molecule has 15 heavy (non-hydrogen) atoms. The van der Waals surface area contributed by atoms with Crippen molar-refractivity contribution in [2.75, 3.05) is 0 Å². The zero-order valence-electron chi connectivity index (χ0n) is 8.85. The van der Waals surface area contributed by atoms with E-state index in [4.69, 9.17) is 14.4 Å². The molecule has 0 radical (unpaired) electrons. The van der Waals surface area contributed by atoms with Crippen LogP contribution in [0.1, 0.15) is 43.2 Å². The zero-order chi connectivity index (χ0) is 11.4. The Labute approximate surface area is 87.3 Å². The van der Waals surface area contributed by atoms with Gasteiger partial charge in [0.25, 0.3) is 0 Å². The lowest BCUT2D eigenvalue weighted by Crippen LogP contribution is -1.96. The number of furan rings is 1. The van der Waals surface area contributed by atoms with Gasteiger partial charge in [0.2, 0.25) is 5.76 Å². The molecular weight excluding hydrogens is 198 g/mol. The molecule has 1 heterocycles. The maximum absolute atomic E-state index is 10.5. The first kappa shape index (κ1) is 11.3. The van der Waals surface area contributed by atoms with Crippen molar-refractivity contribution in [2.45, 2.75) is 26.9 Å². The number of rotatable bonds is 4. The molecule has 0 spiro atoms. The van der Waals surface area contributed by atoms with Crippen LogP contribution in [0.2, 0.25) is 0 Å². The van der Waals surface area contributed by atoms with Crippen LogP contribution in [0.5, 0.6) is 0 Å². The molecule has 1 aromatic rings. The minimum Gasteiger partial charge on any atom is -0.475 e. The van der Waals surface area contributed by atoms with Crippen LogP contribution in [0.15, 0.2) is 21.7 Å². The van der Waals surface area contributed by atoms with Crippen LogP contribution in [-0.4, -0.2) is 16.8 Å². The number of hydrogen-bond acceptors (Lipinski definition) is 4. The molecule has 5 heteroatoms. The summed E-state index contributed by atoms with van der Waals surface area (Å²) < 4.78 is 5.05. The summed E-state index contributed by atoms with van der Waals surface area (Å²) in [4.78, 5) is 15.6. The van der Waals surface area contributed by atoms with Gasteiger partial charge in [-0.05, 0) is 32.9 Å². The Hall–Kier alpha value is -1.78. The average Bonchev–Trinajstić information content (AvgIpc) is 2.62. The lowest BCUT2D eigenvalue weighted by molar-refractivity contribution is 0.0514. The third-order valence-corrected chi connectivity index (χ3v) is 1.63. The number of carboxylic acid groups (broad SMARTS) is 1. The van der Waals surface area contributed by atoms with Crippen molar-refractivity contribution in [1.29, 1.82) is 0 Å². The molecule has 1 rings (SSSR count). The molecule has 1 unspecified atom stereocenters. The number of nitrogens with zero attached hydrogens (tertiary/aromatic N) is 1. The molecule has 0 aromatic carbocycles. The third-order valence-electron chi connectivity index (χ3n) is 1.63. The van der Waals surface area contributed by atoms with Crippen LogP contribution in [0.25, 0.3) is 0 Å². The Kier molecular flexibility index (Phi) is 3.49. The smallest absolute Gasteiger partial charge is 0.371 e. The Balaban J connectivity index is 2.70. The summed E-state index contributed by atoms with van der Waals surface area (Å²) in [5, 5.41) is 12.4. The summed E-state index contributed by atoms with van der Waals surface area (Å²) in [5.41, 5.74) is 0.784. The van der Waals surface area contributed by atoms with Gasteiger partial charge in [0.05, 0.1) is 5.71 Å². The highest BCUT2D eigenvalue weighted by Gasteiger charge is 2.14. The maximum Gasteiger partial charge on any atom is 0.371 e. The molecule has 0 saturated carbocycles. The van der Waals surface area contributed by atoms with Crippen molar-refractivity contribution in [2.24, 2.45) is 5.16 Å². The van der Waals surface area contributed by atoms with Crippen LogP contribution in [0.4, 0.5) is 0 Å². The topological polar surface area (TPSA) is 72.0 Å². The lowest BCUT2D eigenvalue weighted by Gasteiger charge is -2.06. The first-order valence-corrected chi connectivity index (χ1v) is 4.50. The fourth-order valence-electron chi connectivity index (χ4n) is 0.923. The summed E-state index contributed by atoms with van der Waals surface area (Å²) in [7, 11) is 0. The van der Waals surface area contributed by atoms with E-state index in [2.05, 4.69) is 5.16 Å². The second-order valence-electron chi connectivity index (χ2n) is 3.29. The van der Waals surface area contributed by atoms with E-state index in [1.807, 2.05) is 0 Å². The van der Waals surface area contributed by atoms with Crippen LogP contribution in [-0.2, 0) is 4.84 Å². The van der Waals surface area contributed by atoms with E-state index in [0.29, 0.717) is 5.76 Å². The van der Waals surface area contributed by atoms with Gasteiger partial charge in [0.15, 0.2) is 6.10 Å². The van der Waals surface area contributed by atoms with E-state index in [9.17, 15) is 4.79 Å². The average molecular weight is 211 g/mol. The molecule has 5 nitrogen and oxygen atoms in total. The number of carbonyl (C=O) groups is 1. The molecule has 0 aliphatic rings. The molecule has 0 bridgehead atoms. The minimum atomic E-state index is -1.09. The fourth-order valence-corrected chi connectivity index (χ4v) is 0.923. The number of aromatic carboxylic acids is 1. The van der Waals surface area contributed by atoms with Gasteiger partial charge in [-0.1, -0.05) is 5.16 Å². The van der Waals surface area contributed by atoms with Gasteiger partial charge >= 0.3 is 5.97 Å². The minimum absolute atomic E-state index is 0.0994. The largest absolute Gasteiger partial charge is 0.475 e. The van der Waals surface area contributed by atoms with E-state index in [-0.39, 0.29) is 5.76 Å². The van der Waals surface area contributed by atoms with Crippen molar-refractivity contribution in [3.05, 3.63) is 23.7 Å². The summed E-state index contributed by atoms with van der Waals surface area (Å²) in [6.07, 6.45) is -0.395. The predicted octanol–water partition coefficient (Wildman–Crippen LogP) is 2.45. The van der Waals surface area contributed by atoms with Gasteiger partial charge in [0, 0.05) is 0 Å². The van der Waals surface area contributed by atoms with Crippen molar-refractivity contribution in [3.63, 3.8) is 0 Å². The van der Waals surface area contributed by atoms with Crippen LogP contribution in [0, 0.1) is 0 Å². The van der Waals surface area contributed by atoms with Crippen molar-refractivity contribution in [3.8, 4) is 0 Å². The Bertz CT molecular complexity index is 377. The molecule has 0 aliphatic heterocycles. The third kappa shape index (κ3) is 3.12. The van der Waals surface area contributed by atoms with Gasteiger partial charge in [0.1, 0.15) is 5.76 Å². The maximum atomic E-state index is 10.5. The first-order valence-electron chi connectivity index (χ1n) is 4.50. The van der Waals surface area contributed by atoms with Crippen molar-refractivity contribution >= 4 is 11.7 Å². The van der Waals surface area contributed by atoms with Gasteiger partial charge in [-0.3, -0.25) is 0 Å². The number of oxime groups is 1. The molecule has 0 saturated heterocycles. The molecular formula is C10H13NO4. The molecule has 1 aromatic heterocycles. The van der Waals surface area contributed by atoms with E-state index in [1.165, 1.54) is 6.07 Å². The highest BCUT2D eigenvalue weighted by Crippen LogP contribution is 2.19. The summed E-state index contributed by atoms with van der Waals surface area (Å²) >= 11 is 0. The van der Waals surface area contributed by atoms with Gasteiger partial charge in [-0.25, -0.2) is 4.79 Å². The predicted molar refractivity (Wildman–Crippen MR) is 54.0 cm³/mol. The summed E-state index contributed by atoms with van der Waals surface area (Å²) in [6.45, 7) is 5.34. The molecule has 1 N–H and O–H groups in total. The molecule has 0 amide bonds. The Morgan fingerprint density at radius 2 is 2.20 bits per heavy atom. The second kappa shape index (κ2) is 4.63. The van der Waals surface area contributed by atoms with E-state index >= 15 is 0 Å². The monoisotopic (exact) mass is 211 g/mol. The molecule has 0 aliphatic carbocycles. The van der Waals surface area contributed by atoms with E-state index in [1.54, 1.807) is 26.8 Å². The Morgan fingerprint density at radius 1 is 1.53 bits per heavy atom. The summed E-state index contributed by atoms with van der Waals surface area (Å²) in [5.74, 6) is -0.751. The zero-order valence-corrected chi connectivity index (χ0v) is 8.85. The van der Waals surface area contributed by atoms with E-state index in [0.717, 1.165) is 5.71 Å². The fraction of sp³-hybridized carbons (Fsp3) is 0.400. The van der Waals surface area contributed by atoms with Gasteiger partial charge < -0.3 is 14.4 Å². The highest BCUT2D eigenvalue weighted by atomic mass is 16.6. The normalized spacial score (nSPS) is 11.9. The molecule has 0 fully saturated rings. The Morgan fingerprint density at radius 3 is 2.67 bits per heavy atom. The molecule has 82 valence electrons. The van der Waals surface area contributed by atoms with Crippen LogP contribution >= 0.6 is 0 Å². The van der Waals surface area contributed by atoms with Crippen LogP contribution in [0.3, 0.4) is 0 Å². The van der Waals surface area contributed by atoms with Gasteiger partial charge in [-0.15, -0.1) is 0 Å². The first-order chi connectivity index (χ1) is 7.00. The standard InChI is InChI=1S/C10H13NO4/c1-6(2)11-15-7(3)8-4-5-9(14-8)10(12)13/h4-5,7H,1-3H3,(H,12,13). The quantitative estimate of drug-likeness (QED) is 0.613. The summed E-state index contributed by atoms with van der Waals surface area (Å²) in [6, 6.07) is 2.95. The number of hydrogen-bond donors (Lipinski definition) is 1.